The van der Waals surface area contributed by atoms with Crippen LogP contribution in [-0.2, 0) is 26.5 Å². The van der Waals surface area contributed by atoms with Crippen LogP contribution in [0.1, 0.15) is 27.3 Å². The summed E-state index contributed by atoms with van der Waals surface area (Å²) in [5.74, 6) is -1.54. The second-order valence-corrected chi connectivity index (χ2v) is 9.89. The molecule has 0 radical (unpaired) electrons. The molecular weight excluding hydrogens is 584 g/mol. The molecule has 1 aromatic heterocycles. The van der Waals surface area contributed by atoms with Crippen LogP contribution in [0.5, 0.6) is 0 Å². The summed E-state index contributed by atoms with van der Waals surface area (Å²) in [6, 6.07) is 8.80. The Bertz CT molecular complexity index is 1280. The summed E-state index contributed by atoms with van der Waals surface area (Å²) in [5, 5.41) is 2.42. The van der Waals surface area contributed by atoms with Crippen molar-refractivity contribution in [1.29, 1.82) is 0 Å². The molecule has 0 aliphatic carbocycles. The predicted octanol–water partition coefficient (Wildman–Crippen LogP) is 4.74. The Labute approximate surface area is 198 Å². The van der Waals surface area contributed by atoms with Gasteiger partial charge in [0.1, 0.15) is 0 Å². The first kappa shape index (κ1) is 25.0. The Morgan fingerprint density at radius 1 is 0.970 bits per heavy atom. The molecule has 0 saturated heterocycles. The summed E-state index contributed by atoms with van der Waals surface area (Å²) in [7, 11) is -4.35. The van der Waals surface area contributed by atoms with Gasteiger partial charge in [0, 0.05) is 41.5 Å². The molecule has 33 heavy (non-hydrogen) atoms. The number of hydrogen-bond acceptors (Lipinski definition) is 5. The highest BCUT2D eigenvalue weighted by Gasteiger charge is 2.33. The van der Waals surface area contributed by atoms with Crippen LogP contribution in [-0.4, -0.2) is 24.3 Å². The molecule has 0 saturated carbocycles. The predicted molar refractivity (Wildman–Crippen MR) is 114 cm³/mol. The van der Waals surface area contributed by atoms with E-state index in [0.29, 0.717) is 6.07 Å². The van der Waals surface area contributed by atoms with Crippen molar-refractivity contribution < 1.29 is 35.2 Å². The van der Waals surface area contributed by atoms with E-state index in [1.807, 2.05) is 0 Å². The third kappa shape index (κ3) is 5.82. The van der Waals surface area contributed by atoms with Gasteiger partial charge in [-0.3, -0.25) is 4.79 Å². The number of rotatable bonds is 6. The van der Waals surface area contributed by atoms with Crippen molar-refractivity contribution in [2.24, 2.45) is 0 Å². The molecule has 3 rings (SSSR count). The number of halogens is 6. The van der Waals surface area contributed by atoms with Crippen molar-refractivity contribution in [2.75, 3.05) is 0 Å². The smallest absolute Gasteiger partial charge is 0.348 e. The molecule has 1 N–H and O–H groups in total. The standard InChI is InChI=1S/C20H13F5IN3O3S/c21-19(22,23)14-5-3-6-15(8-14)33(31,32)16-7-2-1-4-12(16)9-27-17(30)13-10-28-18(29-11-13)20(24,25)26/h1-8,10-11H,9H2,(H,27,30). The lowest BCUT2D eigenvalue weighted by Gasteiger charge is -2.13. The summed E-state index contributed by atoms with van der Waals surface area (Å²) in [6.07, 6.45) is -2.93. The summed E-state index contributed by atoms with van der Waals surface area (Å²) in [4.78, 5) is 18.3. The first-order valence-electron chi connectivity index (χ1n) is 8.98. The number of sulfone groups is 1. The highest BCUT2D eigenvalue weighted by Crippen LogP contribution is 2.33. The van der Waals surface area contributed by atoms with E-state index in [-0.39, 0.29) is 22.6 Å². The first-order valence-corrected chi connectivity index (χ1v) is 11.5. The Morgan fingerprint density at radius 2 is 1.61 bits per heavy atom. The van der Waals surface area contributed by atoms with E-state index in [4.69, 9.17) is 0 Å². The van der Waals surface area contributed by atoms with Crippen molar-refractivity contribution in [2.45, 2.75) is 26.4 Å². The Balaban J connectivity index is 1.84. The lowest BCUT2D eigenvalue weighted by molar-refractivity contribution is -0.137. The number of aromatic nitrogens is 2. The molecule has 1 amide bonds. The van der Waals surface area contributed by atoms with Gasteiger partial charge in [0.2, 0.25) is 15.7 Å². The zero-order valence-electron chi connectivity index (χ0n) is 16.3. The van der Waals surface area contributed by atoms with E-state index in [0.717, 1.165) is 53.2 Å². The number of alkyl halides is 6. The minimum Gasteiger partial charge on any atom is -0.348 e. The number of nitrogens with one attached hydrogen (secondary N) is 1. The van der Waals surface area contributed by atoms with Crippen LogP contribution in [0.2, 0.25) is 0 Å². The highest BCUT2D eigenvalue weighted by molar-refractivity contribution is 14.1. The average molecular weight is 597 g/mol. The second kappa shape index (κ2) is 9.29. The number of carbonyl (C=O) groups is 1. The quantitative estimate of drug-likeness (QED) is 0.252. The van der Waals surface area contributed by atoms with Gasteiger partial charge < -0.3 is 5.32 Å². The van der Waals surface area contributed by atoms with Crippen molar-refractivity contribution in [3.8, 4) is 0 Å². The highest BCUT2D eigenvalue weighted by atomic mass is 127. The summed E-state index contributed by atoms with van der Waals surface area (Å²) in [5.41, 5.74) is -1.15. The maximum Gasteiger partial charge on any atom is 0.416 e. The molecule has 0 unspecified atom stereocenters. The molecule has 0 fully saturated rings. The molecule has 0 spiro atoms. The number of carbonyl (C=O) groups excluding carboxylic acids is 1. The van der Waals surface area contributed by atoms with E-state index in [9.17, 15) is 35.2 Å². The molecule has 2 aromatic carbocycles. The van der Waals surface area contributed by atoms with Crippen LogP contribution in [0, 0.1) is 0 Å². The van der Waals surface area contributed by atoms with Crippen LogP contribution in [0.3, 0.4) is 0 Å². The molecule has 0 bridgehead atoms. The molecule has 13 heteroatoms. The molecule has 0 atom stereocenters. The molecule has 0 aliphatic rings. The van der Waals surface area contributed by atoms with E-state index in [1.54, 1.807) is 0 Å². The fourth-order valence-corrected chi connectivity index (χ4v) is 4.56. The minimum absolute atomic E-state index is 0.111. The topological polar surface area (TPSA) is 89.0 Å². The van der Waals surface area contributed by atoms with E-state index in [1.165, 1.54) is 24.3 Å². The van der Waals surface area contributed by atoms with Crippen molar-refractivity contribution in [1.82, 2.24) is 15.3 Å². The zero-order valence-corrected chi connectivity index (χ0v) is 19.2. The van der Waals surface area contributed by atoms with Crippen molar-refractivity contribution in [3.05, 3.63) is 83.4 Å². The lowest BCUT2D eigenvalue weighted by atomic mass is 10.2. The number of amides is 1. The van der Waals surface area contributed by atoms with Gasteiger partial charge in [-0.2, -0.15) is 22.0 Å². The van der Waals surface area contributed by atoms with Gasteiger partial charge in [-0.1, -0.05) is 24.3 Å². The summed E-state index contributed by atoms with van der Waals surface area (Å²) < 4.78 is 88.1. The SMILES string of the molecule is O=C(NCc1ccccc1S(=O)(=O)c1cccc(C(F)(F)F)c1)c1cnc(C(F)(F)I)nc1. The fraction of sp³-hybridized carbons (Fsp3) is 0.150. The van der Waals surface area contributed by atoms with Crippen molar-refractivity contribution >= 4 is 38.3 Å². The van der Waals surface area contributed by atoms with Crippen LogP contribution in [0.25, 0.3) is 0 Å². The third-order valence-electron chi connectivity index (χ3n) is 4.34. The van der Waals surface area contributed by atoms with Gasteiger partial charge in [0.25, 0.3) is 5.91 Å². The molecule has 3 aromatic rings. The maximum absolute atomic E-state index is 13.2. The third-order valence-corrected chi connectivity index (χ3v) is 6.68. The normalized spacial score (nSPS) is 12.4. The van der Waals surface area contributed by atoms with E-state index in [2.05, 4.69) is 15.3 Å². The van der Waals surface area contributed by atoms with Gasteiger partial charge >= 0.3 is 10.1 Å². The van der Waals surface area contributed by atoms with Crippen LogP contribution in [0.15, 0.2) is 70.7 Å². The second-order valence-electron chi connectivity index (χ2n) is 6.61. The maximum atomic E-state index is 13.2. The van der Waals surface area contributed by atoms with Gasteiger partial charge in [-0.15, -0.1) is 0 Å². The minimum atomic E-state index is -4.72. The summed E-state index contributed by atoms with van der Waals surface area (Å²) in [6.45, 7) is -0.308. The average Bonchev–Trinajstić information content (AvgIpc) is 2.76. The monoisotopic (exact) mass is 597 g/mol. The van der Waals surface area contributed by atoms with Gasteiger partial charge in [-0.05, 0) is 29.8 Å². The number of benzene rings is 2. The van der Waals surface area contributed by atoms with Gasteiger partial charge in [-0.25, -0.2) is 18.4 Å². The number of hydrogen-bond donors (Lipinski definition) is 1. The van der Waals surface area contributed by atoms with Crippen LogP contribution in [0.4, 0.5) is 22.0 Å². The number of nitrogens with zero attached hydrogens (tertiary/aromatic N) is 2. The molecular formula is C20H13F5IN3O3S. The lowest BCUT2D eigenvalue weighted by Crippen LogP contribution is -2.24. The Kier molecular flexibility index (Phi) is 7.02. The zero-order chi connectivity index (χ0) is 24.4. The largest absolute Gasteiger partial charge is 0.416 e. The Hall–Kier alpha value is -2.68. The summed E-state index contributed by atoms with van der Waals surface area (Å²) >= 11 is 0.840. The van der Waals surface area contributed by atoms with E-state index < -0.39 is 42.1 Å². The molecule has 6 nitrogen and oxygen atoms in total. The van der Waals surface area contributed by atoms with Crippen LogP contribution < -0.4 is 5.32 Å². The van der Waals surface area contributed by atoms with Gasteiger partial charge in [0.05, 0.1) is 20.9 Å². The van der Waals surface area contributed by atoms with E-state index >= 15 is 0 Å². The Morgan fingerprint density at radius 3 is 2.21 bits per heavy atom. The van der Waals surface area contributed by atoms with Crippen LogP contribution >= 0.6 is 22.6 Å². The van der Waals surface area contributed by atoms with Crippen molar-refractivity contribution in [3.63, 3.8) is 0 Å². The fourth-order valence-electron chi connectivity index (χ4n) is 2.75. The molecule has 174 valence electrons. The molecule has 0 aliphatic heterocycles. The molecule has 1 heterocycles. The van der Waals surface area contributed by atoms with Gasteiger partial charge in [0.15, 0.2) is 0 Å². The first-order chi connectivity index (χ1) is 15.3.